The van der Waals surface area contributed by atoms with Gasteiger partial charge in [-0.05, 0) is 31.2 Å². The van der Waals surface area contributed by atoms with Gasteiger partial charge in [0.05, 0.1) is 19.3 Å². The van der Waals surface area contributed by atoms with Crippen molar-refractivity contribution in [3.8, 4) is 0 Å². The Morgan fingerprint density at radius 1 is 1.29 bits per heavy atom. The van der Waals surface area contributed by atoms with E-state index >= 15 is 0 Å². The molecule has 1 atom stereocenters. The van der Waals surface area contributed by atoms with Gasteiger partial charge in [0.1, 0.15) is 0 Å². The van der Waals surface area contributed by atoms with Crippen LogP contribution in [0.3, 0.4) is 0 Å². The molecule has 0 radical (unpaired) electrons. The number of rotatable bonds is 4. The van der Waals surface area contributed by atoms with Crippen LogP contribution < -0.4 is 0 Å². The van der Waals surface area contributed by atoms with Gasteiger partial charge in [0, 0.05) is 0 Å². The van der Waals surface area contributed by atoms with E-state index in [9.17, 15) is 5.11 Å². The molecule has 1 aromatic carbocycles. The minimum atomic E-state index is -0.135. The highest BCUT2D eigenvalue weighted by molar-refractivity contribution is 5.13. The van der Waals surface area contributed by atoms with E-state index in [-0.39, 0.29) is 6.10 Å². The highest BCUT2D eigenvalue weighted by Gasteiger charge is 2.13. The first-order chi connectivity index (χ1) is 8.34. The standard InChI is InChI=1S/C15H20O2/c16-15-8-4-7-13(11-15)9-10-17-12-14-5-2-1-3-6-14/h1-3,5-6,9,15-16H,4,7-8,10-12H2/b13-9+/t15-/m1/s1. The molecular weight excluding hydrogens is 212 g/mol. The van der Waals surface area contributed by atoms with Crippen LogP contribution >= 0.6 is 0 Å². The third-order valence-electron chi connectivity index (χ3n) is 3.13. The molecule has 1 N–H and O–H groups in total. The number of aliphatic hydroxyl groups excluding tert-OH is 1. The zero-order valence-corrected chi connectivity index (χ0v) is 10.1. The zero-order chi connectivity index (χ0) is 11.9. The molecule has 0 bridgehead atoms. The highest BCUT2D eigenvalue weighted by Crippen LogP contribution is 2.23. The molecule has 2 rings (SSSR count). The average Bonchev–Trinajstić information content (AvgIpc) is 2.36. The quantitative estimate of drug-likeness (QED) is 0.638. The van der Waals surface area contributed by atoms with E-state index in [2.05, 4.69) is 18.2 Å². The van der Waals surface area contributed by atoms with Gasteiger partial charge in [0.25, 0.3) is 0 Å². The molecule has 0 heterocycles. The van der Waals surface area contributed by atoms with Crippen molar-refractivity contribution in [2.24, 2.45) is 0 Å². The lowest BCUT2D eigenvalue weighted by Crippen LogP contribution is -2.13. The Hall–Kier alpha value is -1.12. The van der Waals surface area contributed by atoms with E-state index in [4.69, 9.17) is 4.74 Å². The van der Waals surface area contributed by atoms with Crippen molar-refractivity contribution in [2.75, 3.05) is 6.61 Å². The van der Waals surface area contributed by atoms with E-state index in [1.165, 1.54) is 11.1 Å². The Balaban J connectivity index is 1.70. The Bertz CT molecular complexity index is 356. The van der Waals surface area contributed by atoms with Crippen LogP contribution in [0.25, 0.3) is 0 Å². The topological polar surface area (TPSA) is 29.5 Å². The minimum Gasteiger partial charge on any atom is -0.393 e. The lowest BCUT2D eigenvalue weighted by Gasteiger charge is -2.19. The summed E-state index contributed by atoms with van der Waals surface area (Å²) in [5, 5.41) is 9.53. The van der Waals surface area contributed by atoms with Crippen molar-refractivity contribution in [3.05, 3.63) is 47.5 Å². The number of benzene rings is 1. The van der Waals surface area contributed by atoms with Gasteiger partial charge < -0.3 is 9.84 Å². The van der Waals surface area contributed by atoms with E-state index < -0.39 is 0 Å². The molecule has 0 amide bonds. The van der Waals surface area contributed by atoms with Crippen LogP contribution in [0.4, 0.5) is 0 Å². The van der Waals surface area contributed by atoms with Crippen LogP contribution in [0.15, 0.2) is 42.0 Å². The molecule has 1 aliphatic rings. The second-order valence-corrected chi connectivity index (χ2v) is 4.61. The van der Waals surface area contributed by atoms with Crippen LogP contribution in [0, 0.1) is 0 Å². The van der Waals surface area contributed by atoms with Crippen molar-refractivity contribution in [2.45, 2.75) is 38.4 Å². The summed E-state index contributed by atoms with van der Waals surface area (Å²) in [5.74, 6) is 0. The fourth-order valence-corrected chi connectivity index (χ4v) is 2.18. The van der Waals surface area contributed by atoms with Crippen molar-refractivity contribution in [1.82, 2.24) is 0 Å². The molecule has 0 saturated heterocycles. The second kappa shape index (κ2) is 6.58. The molecule has 2 nitrogen and oxygen atoms in total. The molecule has 0 aliphatic heterocycles. The molecule has 1 aliphatic carbocycles. The van der Waals surface area contributed by atoms with Crippen molar-refractivity contribution >= 4 is 0 Å². The monoisotopic (exact) mass is 232 g/mol. The summed E-state index contributed by atoms with van der Waals surface area (Å²) in [6, 6.07) is 10.2. The number of ether oxygens (including phenoxy) is 1. The van der Waals surface area contributed by atoms with Gasteiger partial charge in [-0.25, -0.2) is 0 Å². The maximum Gasteiger partial charge on any atom is 0.0721 e. The van der Waals surface area contributed by atoms with Crippen LogP contribution in [-0.4, -0.2) is 17.8 Å². The van der Waals surface area contributed by atoms with Gasteiger partial charge in [0.2, 0.25) is 0 Å². The first kappa shape index (κ1) is 12.3. The number of hydrogen-bond donors (Lipinski definition) is 1. The molecule has 2 heteroatoms. The molecule has 0 unspecified atom stereocenters. The van der Waals surface area contributed by atoms with Crippen molar-refractivity contribution in [3.63, 3.8) is 0 Å². The lowest BCUT2D eigenvalue weighted by molar-refractivity contribution is 0.140. The Morgan fingerprint density at radius 3 is 2.88 bits per heavy atom. The third-order valence-corrected chi connectivity index (χ3v) is 3.13. The smallest absolute Gasteiger partial charge is 0.0721 e. The zero-order valence-electron chi connectivity index (χ0n) is 10.1. The molecule has 17 heavy (non-hydrogen) atoms. The fraction of sp³-hybridized carbons (Fsp3) is 0.467. The predicted molar refractivity (Wildman–Crippen MR) is 68.7 cm³/mol. The molecule has 0 spiro atoms. The Kier molecular flexibility index (Phi) is 4.77. The summed E-state index contributed by atoms with van der Waals surface area (Å²) in [4.78, 5) is 0. The summed E-state index contributed by atoms with van der Waals surface area (Å²) in [7, 11) is 0. The molecule has 1 aromatic rings. The molecular formula is C15H20O2. The van der Waals surface area contributed by atoms with Gasteiger partial charge >= 0.3 is 0 Å². The van der Waals surface area contributed by atoms with E-state index in [1.54, 1.807) is 0 Å². The third kappa shape index (κ3) is 4.33. The highest BCUT2D eigenvalue weighted by atomic mass is 16.5. The van der Waals surface area contributed by atoms with Gasteiger partial charge in [-0.1, -0.05) is 42.0 Å². The van der Waals surface area contributed by atoms with Gasteiger partial charge in [-0.3, -0.25) is 0 Å². The summed E-state index contributed by atoms with van der Waals surface area (Å²) in [6.45, 7) is 1.31. The first-order valence-corrected chi connectivity index (χ1v) is 6.32. The van der Waals surface area contributed by atoms with E-state index in [1.807, 2.05) is 18.2 Å². The Morgan fingerprint density at radius 2 is 2.12 bits per heavy atom. The maximum absolute atomic E-state index is 9.53. The maximum atomic E-state index is 9.53. The SMILES string of the molecule is O[C@@H]1CCC/C(=C\COCc2ccccc2)C1. The minimum absolute atomic E-state index is 0.135. The van der Waals surface area contributed by atoms with Crippen LogP contribution in [0.1, 0.15) is 31.2 Å². The largest absolute Gasteiger partial charge is 0.393 e. The van der Waals surface area contributed by atoms with Gasteiger partial charge in [0.15, 0.2) is 0 Å². The van der Waals surface area contributed by atoms with Crippen molar-refractivity contribution < 1.29 is 9.84 Å². The molecule has 0 aromatic heterocycles. The summed E-state index contributed by atoms with van der Waals surface area (Å²) < 4.78 is 5.60. The van der Waals surface area contributed by atoms with Gasteiger partial charge in [-0.2, -0.15) is 0 Å². The lowest BCUT2D eigenvalue weighted by atomic mass is 9.92. The second-order valence-electron chi connectivity index (χ2n) is 4.61. The predicted octanol–water partition coefficient (Wildman–Crippen LogP) is 3.06. The van der Waals surface area contributed by atoms with Crippen molar-refractivity contribution in [1.29, 1.82) is 0 Å². The fourth-order valence-electron chi connectivity index (χ4n) is 2.18. The van der Waals surface area contributed by atoms with E-state index in [0.717, 1.165) is 25.7 Å². The summed E-state index contributed by atoms with van der Waals surface area (Å²) >= 11 is 0. The average molecular weight is 232 g/mol. The van der Waals surface area contributed by atoms with Gasteiger partial charge in [-0.15, -0.1) is 0 Å². The summed E-state index contributed by atoms with van der Waals surface area (Å²) in [5.41, 5.74) is 2.55. The molecule has 1 saturated carbocycles. The number of hydrogen-bond acceptors (Lipinski definition) is 2. The summed E-state index contributed by atoms with van der Waals surface area (Å²) in [6.07, 6.45) is 5.99. The first-order valence-electron chi connectivity index (χ1n) is 6.32. The normalized spacial score (nSPS) is 22.9. The van der Waals surface area contributed by atoms with Crippen LogP contribution in [0.2, 0.25) is 0 Å². The Labute approximate surface area is 103 Å². The molecule has 92 valence electrons. The van der Waals surface area contributed by atoms with E-state index in [0.29, 0.717) is 13.2 Å². The van der Waals surface area contributed by atoms with Crippen LogP contribution in [-0.2, 0) is 11.3 Å². The molecule has 1 fully saturated rings. The number of aliphatic hydroxyl groups is 1. The van der Waals surface area contributed by atoms with Crippen LogP contribution in [0.5, 0.6) is 0 Å².